The van der Waals surface area contributed by atoms with Crippen LogP contribution in [0, 0.1) is 4.77 Å². The highest BCUT2D eigenvalue weighted by Gasteiger charge is 2.21. The highest BCUT2D eigenvalue weighted by atomic mass is 32.1. The summed E-state index contributed by atoms with van der Waals surface area (Å²) in [6, 6.07) is 12.4. The predicted octanol–water partition coefficient (Wildman–Crippen LogP) is 3.85. The summed E-state index contributed by atoms with van der Waals surface area (Å²) < 4.78 is 7.75. The predicted molar refractivity (Wildman–Crippen MR) is 125 cm³/mol. The molecule has 4 rings (SSSR count). The van der Waals surface area contributed by atoms with Gasteiger partial charge >= 0.3 is 0 Å². The molecule has 0 bridgehead atoms. The zero-order chi connectivity index (χ0) is 21.6. The van der Waals surface area contributed by atoms with Gasteiger partial charge in [-0.1, -0.05) is 18.2 Å². The van der Waals surface area contributed by atoms with Crippen molar-refractivity contribution in [1.29, 1.82) is 0 Å². The first-order chi connectivity index (χ1) is 15.1. The Balaban J connectivity index is 1.24. The quantitative estimate of drug-likeness (QED) is 0.503. The second-order valence-corrected chi connectivity index (χ2v) is 9.04. The van der Waals surface area contributed by atoms with Gasteiger partial charge in [0.15, 0.2) is 10.6 Å². The van der Waals surface area contributed by atoms with E-state index in [-0.39, 0.29) is 11.9 Å². The van der Waals surface area contributed by atoms with E-state index in [9.17, 15) is 4.79 Å². The van der Waals surface area contributed by atoms with E-state index >= 15 is 0 Å². The molecule has 164 valence electrons. The third-order valence-electron chi connectivity index (χ3n) is 5.56. The van der Waals surface area contributed by atoms with E-state index < -0.39 is 0 Å². The Labute approximate surface area is 191 Å². The molecule has 1 saturated heterocycles. The molecule has 0 radical (unpaired) electrons. The Bertz CT molecular complexity index is 1050. The smallest absolute Gasteiger partial charge is 0.222 e. The maximum absolute atomic E-state index is 12.5. The molecule has 1 aliphatic heterocycles. The van der Waals surface area contributed by atoms with Crippen molar-refractivity contribution in [3.8, 4) is 16.5 Å². The molecule has 0 unspecified atom stereocenters. The van der Waals surface area contributed by atoms with Gasteiger partial charge in [0.05, 0.1) is 12.0 Å². The molecule has 3 aromatic rings. The zero-order valence-electron chi connectivity index (χ0n) is 17.5. The number of methoxy groups -OCH3 is 1. The van der Waals surface area contributed by atoms with Gasteiger partial charge in [0.25, 0.3) is 0 Å². The van der Waals surface area contributed by atoms with Crippen LogP contribution in [-0.4, -0.2) is 51.8 Å². The van der Waals surface area contributed by atoms with Gasteiger partial charge in [-0.3, -0.25) is 19.4 Å². The number of hydrogen-bond donors (Lipinski definition) is 2. The van der Waals surface area contributed by atoms with Crippen LogP contribution >= 0.6 is 23.6 Å². The Morgan fingerprint density at radius 1 is 1.32 bits per heavy atom. The molecular formula is C22H27N5O2S2. The first-order valence-electron chi connectivity index (χ1n) is 10.5. The largest absolute Gasteiger partial charge is 0.497 e. The highest BCUT2D eigenvalue weighted by molar-refractivity contribution is 7.71. The van der Waals surface area contributed by atoms with Crippen LogP contribution < -0.4 is 10.1 Å². The lowest BCUT2D eigenvalue weighted by Crippen LogP contribution is -2.44. The molecule has 1 fully saturated rings. The highest BCUT2D eigenvalue weighted by Crippen LogP contribution is 2.23. The monoisotopic (exact) mass is 457 g/mol. The van der Waals surface area contributed by atoms with Crippen molar-refractivity contribution in [3.05, 3.63) is 52.1 Å². The van der Waals surface area contributed by atoms with Gasteiger partial charge in [0, 0.05) is 38.6 Å². The number of aromatic amines is 1. The lowest BCUT2D eigenvalue weighted by molar-refractivity contribution is -0.122. The van der Waals surface area contributed by atoms with E-state index in [1.165, 1.54) is 5.56 Å². The number of H-pyrrole nitrogens is 1. The number of likely N-dealkylation sites (tertiary alicyclic amines) is 1. The van der Waals surface area contributed by atoms with Crippen LogP contribution in [0.15, 0.2) is 41.8 Å². The van der Waals surface area contributed by atoms with E-state index in [1.54, 1.807) is 18.4 Å². The molecule has 0 aliphatic carbocycles. The number of ether oxygens (including phenoxy) is 1. The molecule has 2 aromatic heterocycles. The number of nitrogens with one attached hydrogen (secondary N) is 2. The number of nitrogens with zero attached hydrogens (tertiary/aromatic N) is 3. The maximum Gasteiger partial charge on any atom is 0.222 e. The molecule has 0 spiro atoms. The molecule has 0 atom stereocenters. The molecule has 1 aromatic carbocycles. The van der Waals surface area contributed by atoms with Gasteiger partial charge in [0.2, 0.25) is 5.91 Å². The minimum absolute atomic E-state index is 0.0616. The standard InChI is InChI=1S/C22H27N5O2S2/c1-29-18-5-2-4-16(14-18)15-26-10-7-17(8-11-26)23-20(28)9-12-27-21(24-25-22(27)30)19-6-3-13-31-19/h2-6,13-14,17H,7-12,15H2,1H3,(H,23,28)(H,25,30). The number of benzene rings is 1. The van der Waals surface area contributed by atoms with Crippen molar-refractivity contribution in [1.82, 2.24) is 25.0 Å². The SMILES string of the molecule is COc1cccc(CN2CCC(NC(=O)CCn3c(-c4cccs4)n[nH]c3=S)CC2)c1. The molecule has 2 N–H and O–H groups in total. The average molecular weight is 458 g/mol. The van der Waals surface area contributed by atoms with Gasteiger partial charge in [-0.25, -0.2) is 0 Å². The number of amides is 1. The summed E-state index contributed by atoms with van der Waals surface area (Å²) in [5, 5.41) is 12.4. The molecule has 1 aliphatic rings. The fourth-order valence-electron chi connectivity index (χ4n) is 3.90. The minimum Gasteiger partial charge on any atom is -0.497 e. The van der Waals surface area contributed by atoms with Crippen molar-refractivity contribution in [2.24, 2.45) is 0 Å². The summed E-state index contributed by atoms with van der Waals surface area (Å²) in [7, 11) is 1.69. The van der Waals surface area contributed by atoms with Crippen LogP contribution in [0.3, 0.4) is 0 Å². The van der Waals surface area contributed by atoms with Crippen LogP contribution in [0.5, 0.6) is 5.75 Å². The molecule has 0 saturated carbocycles. The number of piperidine rings is 1. The first-order valence-corrected chi connectivity index (χ1v) is 11.7. The van der Waals surface area contributed by atoms with E-state index in [1.807, 2.05) is 34.2 Å². The molecule has 9 heteroatoms. The van der Waals surface area contributed by atoms with Crippen LogP contribution in [0.2, 0.25) is 0 Å². The normalized spacial score (nSPS) is 15.1. The van der Waals surface area contributed by atoms with Gasteiger partial charge < -0.3 is 10.1 Å². The van der Waals surface area contributed by atoms with Gasteiger partial charge in [-0.05, 0) is 54.2 Å². The first kappa shape index (κ1) is 21.7. The average Bonchev–Trinajstić information content (AvgIpc) is 3.43. The lowest BCUT2D eigenvalue weighted by atomic mass is 10.0. The number of carbonyl (C=O) groups is 1. The van der Waals surface area contributed by atoms with E-state index in [4.69, 9.17) is 17.0 Å². The summed E-state index contributed by atoms with van der Waals surface area (Å²) in [5.74, 6) is 1.74. The Hall–Kier alpha value is -2.49. The molecule has 7 nitrogen and oxygen atoms in total. The minimum atomic E-state index is 0.0616. The topological polar surface area (TPSA) is 75.2 Å². The third-order valence-corrected chi connectivity index (χ3v) is 6.73. The zero-order valence-corrected chi connectivity index (χ0v) is 19.2. The lowest BCUT2D eigenvalue weighted by Gasteiger charge is -2.32. The van der Waals surface area contributed by atoms with Crippen molar-refractivity contribution in [2.45, 2.75) is 38.4 Å². The van der Waals surface area contributed by atoms with Crippen LogP contribution in [0.25, 0.3) is 10.7 Å². The second kappa shape index (κ2) is 10.2. The summed E-state index contributed by atoms with van der Waals surface area (Å²) in [4.78, 5) is 16.0. The van der Waals surface area contributed by atoms with Crippen molar-refractivity contribution < 1.29 is 9.53 Å². The second-order valence-electron chi connectivity index (χ2n) is 7.70. The maximum atomic E-state index is 12.5. The third kappa shape index (κ3) is 5.61. The molecular weight excluding hydrogens is 430 g/mol. The fraction of sp³-hybridized carbons (Fsp3) is 0.409. The molecule has 1 amide bonds. The van der Waals surface area contributed by atoms with Crippen LogP contribution in [0.4, 0.5) is 0 Å². The Morgan fingerprint density at radius 3 is 2.90 bits per heavy atom. The fourth-order valence-corrected chi connectivity index (χ4v) is 4.84. The van der Waals surface area contributed by atoms with E-state index in [2.05, 4.69) is 32.5 Å². The van der Waals surface area contributed by atoms with Gasteiger partial charge in [-0.2, -0.15) is 5.10 Å². The number of rotatable bonds is 8. The Kier molecular flexibility index (Phi) is 7.16. The van der Waals surface area contributed by atoms with Gasteiger partial charge in [-0.15, -0.1) is 11.3 Å². The number of aromatic nitrogens is 3. The van der Waals surface area contributed by atoms with Crippen LogP contribution in [-0.2, 0) is 17.9 Å². The summed E-state index contributed by atoms with van der Waals surface area (Å²) in [6.07, 6.45) is 2.30. The number of carbonyl (C=O) groups excluding carboxylic acids is 1. The Morgan fingerprint density at radius 2 is 2.16 bits per heavy atom. The number of hydrogen-bond acceptors (Lipinski definition) is 6. The number of thiophene rings is 1. The molecule has 3 heterocycles. The van der Waals surface area contributed by atoms with Crippen molar-refractivity contribution >= 4 is 29.5 Å². The summed E-state index contributed by atoms with van der Waals surface area (Å²) >= 11 is 6.95. The van der Waals surface area contributed by atoms with Crippen LogP contribution in [0.1, 0.15) is 24.8 Å². The van der Waals surface area contributed by atoms with Crippen molar-refractivity contribution in [2.75, 3.05) is 20.2 Å². The van der Waals surface area contributed by atoms with E-state index in [0.29, 0.717) is 17.7 Å². The summed E-state index contributed by atoms with van der Waals surface area (Å²) in [5.41, 5.74) is 1.25. The van der Waals surface area contributed by atoms with Gasteiger partial charge in [0.1, 0.15) is 5.75 Å². The molecule has 31 heavy (non-hydrogen) atoms. The van der Waals surface area contributed by atoms with Crippen molar-refractivity contribution in [3.63, 3.8) is 0 Å². The van der Waals surface area contributed by atoms with E-state index in [0.717, 1.165) is 48.9 Å². The summed E-state index contributed by atoms with van der Waals surface area (Å²) in [6.45, 7) is 3.36.